The van der Waals surface area contributed by atoms with Gasteiger partial charge in [-0.2, -0.15) is 0 Å². The molecule has 0 aliphatic carbocycles. The van der Waals surface area contributed by atoms with Gasteiger partial charge in [0.05, 0.1) is 12.1 Å². The van der Waals surface area contributed by atoms with Gasteiger partial charge in [0.15, 0.2) is 0 Å². The lowest BCUT2D eigenvalue weighted by Gasteiger charge is -2.25. The van der Waals surface area contributed by atoms with Crippen molar-refractivity contribution in [3.8, 4) is 0 Å². The van der Waals surface area contributed by atoms with Crippen LogP contribution in [-0.4, -0.2) is 36.2 Å². The molecule has 0 spiro atoms. The molecule has 0 atom stereocenters. The molecule has 3 N–H and O–H groups in total. The molecular formula is C12H24N2O2. The molecule has 4 heteroatoms. The minimum atomic E-state index is -0.495. The molecule has 94 valence electrons. The van der Waals surface area contributed by atoms with E-state index in [0.717, 1.165) is 19.5 Å². The third-order valence-electron chi connectivity index (χ3n) is 3.11. The zero-order chi connectivity index (χ0) is 12.0. The quantitative estimate of drug-likeness (QED) is 0.647. The van der Waals surface area contributed by atoms with Gasteiger partial charge in [0.25, 0.3) is 0 Å². The average molecular weight is 228 g/mol. The monoisotopic (exact) mass is 228 g/mol. The fourth-order valence-corrected chi connectivity index (χ4v) is 1.99. The smallest absolute Gasteiger partial charge is 0.220 e. The molecule has 1 fully saturated rings. The Balaban J connectivity index is 2.19. The molecule has 1 rings (SSSR count). The lowest BCUT2D eigenvalue weighted by atomic mass is 9.93. The van der Waals surface area contributed by atoms with Gasteiger partial charge in [-0.25, -0.2) is 0 Å². The molecule has 0 radical (unpaired) electrons. The second-order valence-corrected chi connectivity index (χ2v) is 5.32. The van der Waals surface area contributed by atoms with E-state index in [9.17, 15) is 4.79 Å². The number of hydrogen-bond acceptors (Lipinski definition) is 3. The third-order valence-corrected chi connectivity index (χ3v) is 3.11. The van der Waals surface area contributed by atoms with Crippen LogP contribution >= 0.6 is 0 Å². The van der Waals surface area contributed by atoms with E-state index in [4.69, 9.17) is 5.11 Å². The molecule has 1 aliphatic rings. The van der Waals surface area contributed by atoms with Crippen LogP contribution in [0.1, 0.15) is 39.5 Å². The summed E-state index contributed by atoms with van der Waals surface area (Å²) in [6, 6.07) is 0. The van der Waals surface area contributed by atoms with Gasteiger partial charge >= 0.3 is 0 Å². The largest absolute Gasteiger partial charge is 0.394 e. The number of nitrogens with one attached hydrogen (secondary N) is 2. The molecular weight excluding hydrogens is 204 g/mol. The SMILES string of the molecule is CC(C)(CO)NC(=O)CCC1CCNCC1. The van der Waals surface area contributed by atoms with Gasteiger partial charge < -0.3 is 15.7 Å². The van der Waals surface area contributed by atoms with E-state index in [2.05, 4.69) is 10.6 Å². The van der Waals surface area contributed by atoms with Crippen molar-refractivity contribution in [1.82, 2.24) is 10.6 Å². The van der Waals surface area contributed by atoms with Crippen LogP contribution in [0.25, 0.3) is 0 Å². The number of carbonyl (C=O) groups is 1. The zero-order valence-corrected chi connectivity index (χ0v) is 10.4. The summed E-state index contributed by atoms with van der Waals surface area (Å²) in [6.07, 6.45) is 3.90. The van der Waals surface area contributed by atoms with Crippen molar-refractivity contribution in [3.05, 3.63) is 0 Å². The summed E-state index contributed by atoms with van der Waals surface area (Å²) in [5, 5.41) is 15.2. The molecule has 0 unspecified atom stereocenters. The topological polar surface area (TPSA) is 61.4 Å². The maximum atomic E-state index is 11.6. The van der Waals surface area contributed by atoms with E-state index in [1.54, 1.807) is 0 Å². The number of amides is 1. The van der Waals surface area contributed by atoms with E-state index in [0.29, 0.717) is 12.3 Å². The molecule has 4 nitrogen and oxygen atoms in total. The van der Waals surface area contributed by atoms with Gasteiger partial charge in [-0.3, -0.25) is 4.79 Å². The van der Waals surface area contributed by atoms with E-state index in [-0.39, 0.29) is 12.5 Å². The Hall–Kier alpha value is -0.610. The van der Waals surface area contributed by atoms with E-state index < -0.39 is 5.54 Å². The minimum absolute atomic E-state index is 0.0217. The fraction of sp³-hybridized carbons (Fsp3) is 0.917. The van der Waals surface area contributed by atoms with Gasteiger partial charge in [-0.05, 0) is 52.1 Å². The van der Waals surface area contributed by atoms with Gasteiger partial charge in [-0.15, -0.1) is 0 Å². The highest BCUT2D eigenvalue weighted by molar-refractivity contribution is 5.76. The Bertz CT molecular complexity index is 223. The van der Waals surface area contributed by atoms with Crippen molar-refractivity contribution >= 4 is 5.91 Å². The summed E-state index contributed by atoms with van der Waals surface area (Å²) in [7, 11) is 0. The lowest BCUT2D eigenvalue weighted by Crippen LogP contribution is -2.46. The van der Waals surface area contributed by atoms with Crippen molar-refractivity contribution in [2.24, 2.45) is 5.92 Å². The van der Waals surface area contributed by atoms with Crippen LogP contribution in [0.2, 0.25) is 0 Å². The summed E-state index contributed by atoms with van der Waals surface area (Å²) in [6.45, 7) is 5.79. The fourth-order valence-electron chi connectivity index (χ4n) is 1.99. The van der Waals surface area contributed by atoms with E-state index in [1.807, 2.05) is 13.8 Å². The van der Waals surface area contributed by atoms with Crippen molar-refractivity contribution in [2.45, 2.75) is 45.1 Å². The maximum absolute atomic E-state index is 11.6. The number of piperidine rings is 1. The van der Waals surface area contributed by atoms with Gasteiger partial charge in [0.1, 0.15) is 0 Å². The predicted molar refractivity (Wildman–Crippen MR) is 64.1 cm³/mol. The highest BCUT2D eigenvalue weighted by Crippen LogP contribution is 2.17. The van der Waals surface area contributed by atoms with Crippen LogP contribution in [0.4, 0.5) is 0 Å². The van der Waals surface area contributed by atoms with Crippen LogP contribution in [0, 0.1) is 5.92 Å². The Morgan fingerprint density at radius 3 is 2.62 bits per heavy atom. The average Bonchev–Trinajstić information content (AvgIpc) is 2.27. The maximum Gasteiger partial charge on any atom is 0.220 e. The molecule has 1 heterocycles. The Morgan fingerprint density at radius 2 is 2.06 bits per heavy atom. The van der Waals surface area contributed by atoms with Crippen LogP contribution in [-0.2, 0) is 4.79 Å². The Labute approximate surface area is 97.8 Å². The highest BCUT2D eigenvalue weighted by atomic mass is 16.3. The Morgan fingerprint density at radius 1 is 1.44 bits per heavy atom. The van der Waals surface area contributed by atoms with Crippen LogP contribution in [0.3, 0.4) is 0 Å². The molecule has 1 amide bonds. The number of aliphatic hydroxyl groups is 1. The summed E-state index contributed by atoms with van der Waals surface area (Å²) >= 11 is 0. The highest BCUT2D eigenvalue weighted by Gasteiger charge is 2.20. The van der Waals surface area contributed by atoms with Gasteiger partial charge in [0, 0.05) is 6.42 Å². The molecule has 16 heavy (non-hydrogen) atoms. The standard InChI is InChI=1S/C12H24N2O2/c1-12(2,9-15)14-11(16)4-3-10-5-7-13-8-6-10/h10,13,15H,3-9H2,1-2H3,(H,14,16). The molecule has 0 bridgehead atoms. The normalized spacial score (nSPS) is 18.4. The Kier molecular flexibility index (Phi) is 5.22. The molecule has 0 saturated carbocycles. The predicted octanol–water partition coefficient (Wildman–Crippen LogP) is 0.653. The number of hydrogen-bond donors (Lipinski definition) is 3. The second kappa shape index (κ2) is 6.21. The van der Waals surface area contributed by atoms with Crippen LogP contribution in [0.5, 0.6) is 0 Å². The number of rotatable bonds is 5. The molecule has 0 aromatic heterocycles. The van der Waals surface area contributed by atoms with Crippen LogP contribution < -0.4 is 10.6 Å². The van der Waals surface area contributed by atoms with Crippen molar-refractivity contribution in [1.29, 1.82) is 0 Å². The molecule has 0 aromatic rings. The minimum Gasteiger partial charge on any atom is -0.394 e. The van der Waals surface area contributed by atoms with Gasteiger partial charge in [0.2, 0.25) is 5.91 Å². The first kappa shape index (κ1) is 13.5. The zero-order valence-electron chi connectivity index (χ0n) is 10.4. The van der Waals surface area contributed by atoms with Crippen molar-refractivity contribution in [3.63, 3.8) is 0 Å². The molecule has 1 aliphatic heterocycles. The lowest BCUT2D eigenvalue weighted by molar-refractivity contribution is -0.123. The summed E-state index contributed by atoms with van der Waals surface area (Å²) in [5.41, 5.74) is -0.495. The second-order valence-electron chi connectivity index (χ2n) is 5.32. The van der Waals surface area contributed by atoms with Crippen molar-refractivity contribution in [2.75, 3.05) is 19.7 Å². The molecule has 0 aromatic carbocycles. The first-order chi connectivity index (χ1) is 7.53. The summed E-state index contributed by atoms with van der Waals surface area (Å²) in [4.78, 5) is 11.6. The first-order valence-corrected chi connectivity index (χ1v) is 6.16. The van der Waals surface area contributed by atoms with E-state index in [1.165, 1.54) is 12.8 Å². The number of aliphatic hydroxyl groups excluding tert-OH is 1. The molecule has 1 saturated heterocycles. The van der Waals surface area contributed by atoms with Crippen LogP contribution in [0.15, 0.2) is 0 Å². The first-order valence-electron chi connectivity index (χ1n) is 6.16. The summed E-state index contributed by atoms with van der Waals surface area (Å²) < 4.78 is 0. The van der Waals surface area contributed by atoms with Gasteiger partial charge in [-0.1, -0.05) is 0 Å². The number of carbonyl (C=O) groups excluding carboxylic acids is 1. The third kappa shape index (κ3) is 4.94. The van der Waals surface area contributed by atoms with E-state index >= 15 is 0 Å². The summed E-state index contributed by atoms with van der Waals surface area (Å²) in [5.74, 6) is 0.738. The van der Waals surface area contributed by atoms with Crippen molar-refractivity contribution < 1.29 is 9.90 Å².